The van der Waals surface area contributed by atoms with E-state index in [9.17, 15) is 0 Å². The Bertz CT molecular complexity index is 120. The molecule has 10 heavy (non-hydrogen) atoms. The highest BCUT2D eigenvalue weighted by atomic mass is 35.5. The van der Waals surface area contributed by atoms with Crippen LogP contribution in [0, 0.1) is 17.8 Å². The van der Waals surface area contributed by atoms with Gasteiger partial charge in [0, 0.05) is 6.61 Å². The van der Waals surface area contributed by atoms with Crippen LogP contribution in [0.15, 0.2) is 0 Å². The molecule has 0 aromatic carbocycles. The fraction of sp³-hybridized carbons (Fsp3) is 1.00. The van der Waals surface area contributed by atoms with Gasteiger partial charge in [0.05, 0.1) is 0 Å². The molecule has 0 spiro atoms. The molecule has 1 saturated carbocycles. The van der Waals surface area contributed by atoms with Gasteiger partial charge in [-0.2, -0.15) is 0 Å². The molecule has 3 atom stereocenters. The number of hydrogen-bond donors (Lipinski definition) is 2. The Morgan fingerprint density at radius 3 is 2.80 bits per heavy atom. The SMILES string of the molecule is Cl.OC[C@H]1C[C@H]2CNC[C@H]21. The third-order valence-electron chi connectivity index (χ3n) is 2.84. The van der Waals surface area contributed by atoms with Crippen LogP contribution in [0.3, 0.4) is 0 Å². The van der Waals surface area contributed by atoms with Gasteiger partial charge in [-0.05, 0) is 37.3 Å². The molecule has 1 saturated heterocycles. The zero-order valence-electron chi connectivity index (χ0n) is 5.92. The fourth-order valence-electron chi connectivity index (χ4n) is 2.14. The number of nitrogens with one attached hydrogen (secondary N) is 1. The van der Waals surface area contributed by atoms with Gasteiger partial charge in [-0.25, -0.2) is 0 Å². The van der Waals surface area contributed by atoms with Crippen LogP contribution in [0.1, 0.15) is 6.42 Å². The highest BCUT2D eigenvalue weighted by Crippen LogP contribution is 2.41. The average molecular weight is 164 g/mol. The van der Waals surface area contributed by atoms with Crippen LogP contribution in [-0.4, -0.2) is 24.8 Å². The molecule has 0 amide bonds. The molecule has 0 aromatic rings. The summed E-state index contributed by atoms with van der Waals surface area (Å²) in [6, 6.07) is 0. The van der Waals surface area contributed by atoms with Crippen molar-refractivity contribution in [3.63, 3.8) is 0 Å². The number of aliphatic hydroxyl groups excluding tert-OH is 1. The van der Waals surface area contributed by atoms with E-state index in [-0.39, 0.29) is 12.4 Å². The summed E-state index contributed by atoms with van der Waals surface area (Å²) in [6.45, 7) is 2.75. The van der Waals surface area contributed by atoms with Crippen molar-refractivity contribution in [1.29, 1.82) is 0 Å². The molecule has 0 radical (unpaired) electrons. The molecular formula is C7H14ClNO. The van der Waals surface area contributed by atoms with E-state index in [0.717, 1.165) is 18.4 Å². The van der Waals surface area contributed by atoms with Crippen LogP contribution < -0.4 is 5.32 Å². The molecule has 1 aliphatic carbocycles. The van der Waals surface area contributed by atoms with Gasteiger partial charge in [0.15, 0.2) is 0 Å². The molecular weight excluding hydrogens is 150 g/mol. The second kappa shape index (κ2) is 3.07. The number of rotatable bonds is 1. The first-order valence-electron chi connectivity index (χ1n) is 3.73. The van der Waals surface area contributed by atoms with E-state index in [1.165, 1.54) is 13.0 Å². The lowest BCUT2D eigenvalue weighted by Crippen LogP contribution is -2.37. The Morgan fingerprint density at radius 2 is 2.20 bits per heavy atom. The molecule has 3 heteroatoms. The van der Waals surface area contributed by atoms with Crippen LogP contribution in [0.5, 0.6) is 0 Å². The maximum atomic E-state index is 8.81. The van der Waals surface area contributed by atoms with Crippen molar-refractivity contribution in [2.45, 2.75) is 6.42 Å². The zero-order valence-corrected chi connectivity index (χ0v) is 6.73. The summed E-state index contributed by atoms with van der Waals surface area (Å²) in [7, 11) is 0. The minimum absolute atomic E-state index is 0. The molecule has 0 aromatic heterocycles. The maximum absolute atomic E-state index is 8.81. The molecule has 2 rings (SSSR count). The summed E-state index contributed by atoms with van der Waals surface area (Å²) < 4.78 is 0. The van der Waals surface area contributed by atoms with Gasteiger partial charge in [-0.1, -0.05) is 0 Å². The Kier molecular flexibility index (Phi) is 2.55. The third kappa shape index (κ3) is 1.04. The zero-order chi connectivity index (χ0) is 6.27. The largest absolute Gasteiger partial charge is 0.396 e. The van der Waals surface area contributed by atoms with E-state index in [2.05, 4.69) is 5.32 Å². The summed E-state index contributed by atoms with van der Waals surface area (Å²) in [4.78, 5) is 0. The van der Waals surface area contributed by atoms with Gasteiger partial charge < -0.3 is 10.4 Å². The number of aliphatic hydroxyl groups is 1. The van der Waals surface area contributed by atoms with Crippen molar-refractivity contribution < 1.29 is 5.11 Å². The quantitative estimate of drug-likeness (QED) is 0.581. The fourth-order valence-corrected chi connectivity index (χ4v) is 2.14. The van der Waals surface area contributed by atoms with E-state index in [4.69, 9.17) is 5.11 Å². The van der Waals surface area contributed by atoms with Crippen molar-refractivity contribution in [1.82, 2.24) is 5.32 Å². The van der Waals surface area contributed by atoms with Gasteiger partial charge in [0.25, 0.3) is 0 Å². The molecule has 0 bridgehead atoms. The lowest BCUT2D eigenvalue weighted by Gasteiger charge is -2.38. The normalized spacial score (nSPS) is 43.5. The second-order valence-corrected chi connectivity index (χ2v) is 3.26. The summed E-state index contributed by atoms with van der Waals surface area (Å²) in [5.74, 6) is 2.35. The van der Waals surface area contributed by atoms with Crippen molar-refractivity contribution in [2.24, 2.45) is 17.8 Å². The molecule has 2 nitrogen and oxygen atoms in total. The highest BCUT2D eigenvalue weighted by molar-refractivity contribution is 5.85. The standard InChI is InChI=1S/C7H13NO.ClH/c9-4-6-1-5-2-8-3-7(5)6;/h5-9H,1-4H2;1H/t5-,6+,7+;/m0./s1. The van der Waals surface area contributed by atoms with Crippen molar-refractivity contribution in [3.8, 4) is 0 Å². The van der Waals surface area contributed by atoms with Gasteiger partial charge in [0.2, 0.25) is 0 Å². The number of halogens is 1. The Labute approximate surface area is 67.4 Å². The minimum Gasteiger partial charge on any atom is -0.396 e. The first kappa shape index (κ1) is 8.31. The maximum Gasteiger partial charge on any atom is 0.0462 e. The van der Waals surface area contributed by atoms with Gasteiger partial charge in [-0.15, -0.1) is 12.4 Å². The molecule has 2 fully saturated rings. The van der Waals surface area contributed by atoms with Crippen LogP contribution >= 0.6 is 12.4 Å². The Hall–Kier alpha value is 0.210. The first-order chi connectivity index (χ1) is 4.42. The van der Waals surface area contributed by atoms with Crippen molar-refractivity contribution in [3.05, 3.63) is 0 Å². The van der Waals surface area contributed by atoms with Crippen molar-refractivity contribution >= 4 is 12.4 Å². The summed E-state index contributed by atoms with van der Waals surface area (Å²) in [5.41, 5.74) is 0. The monoisotopic (exact) mass is 163 g/mol. The lowest BCUT2D eigenvalue weighted by molar-refractivity contribution is 0.0579. The molecule has 1 aliphatic heterocycles. The molecule has 60 valence electrons. The Balaban J connectivity index is 0.000000500. The Morgan fingerprint density at radius 1 is 1.40 bits per heavy atom. The van der Waals surface area contributed by atoms with E-state index in [1.807, 2.05) is 0 Å². The topological polar surface area (TPSA) is 32.3 Å². The van der Waals surface area contributed by atoms with Gasteiger partial charge >= 0.3 is 0 Å². The van der Waals surface area contributed by atoms with E-state index < -0.39 is 0 Å². The van der Waals surface area contributed by atoms with E-state index >= 15 is 0 Å². The smallest absolute Gasteiger partial charge is 0.0462 e. The molecule has 2 aliphatic rings. The number of fused-ring (bicyclic) bond motifs is 1. The van der Waals surface area contributed by atoms with Crippen LogP contribution in [0.2, 0.25) is 0 Å². The average Bonchev–Trinajstić information content (AvgIpc) is 2.14. The summed E-state index contributed by atoms with van der Waals surface area (Å²) >= 11 is 0. The highest BCUT2D eigenvalue weighted by Gasteiger charge is 2.42. The molecule has 2 N–H and O–H groups in total. The van der Waals surface area contributed by atoms with Crippen LogP contribution in [0.25, 0.3) is 0 Å². The minimum atomic E-state index is 0. The van der Waals surface area contributed by atoms with Crippen molar-refractivity contribution in [2.75, 3.05) is 19.7 Å². The lowest BCUT2D eigenvalue weighted by atomic mass is 9.67. The number of hydrogen-bond acceptors (Lipinski definition) is 2. The summed E-state index contributed by atoms with van der Waals surface area (Å²) in [6.07, 6.45) is 1.26. The third-order valence-corrected chi connectivity index (χ3v) is 2.84. The van der Waals surface area contributed by atoms with Gasteiger partial charge in [-0.3, -0.25) is 0 Å². The van der Waals surface area contributed by atoms with Crippen LogP contribution in [-0.2, 0) is 0 Å². The first-order valence-corrected chi connectivity index (χ1v) is 3.73. The molecule has 0 unspecified atom stereocenters. The van der Waals surface area contributed by atoms with Gasteiger partial charge in [0.1, 0.15) is 0 Å². The van der Waals surface area contributed by atoms with Crippen LogP contribution in [0.4, 0.5) is 0 Å². The van der Waals surface area contributed by atoms with E-state index in [0.29, 0.717) is 12.5 Å². The molecule has 1 heterocycles. The predicted octanol–water partition coefficient (Wildman–Crippen LogP) is 0.256. The van der Waals surface area contributed by atoms with E-state index in [1.54, 1.807) is 0 Å². The predicted molar refractivity (Wildman–Crippen MR) is 42.3 cm³/mol. The second-order valence-electron chi connectivity index (χ2n) is 3.26. The summed E-state index contributed by atoms with van der Waals surface area (Å²) in [5, 5.41) is 12.1.